The van der Waals surface area contributed by atoms with Crippen LogP contribution in [0.5, 0.6) is 0 Å². The van der Waals surface area contributed by atoms with E-state index in [0.717, 1.165) is 25.1 Å². The van der Waals surface area contributed by atoms with Crippen molar-refractivity contribution in [2.75, 3.05) is 32.8 Å². The van der Waals surface area contributed by atoms with Gasteiger partial charge in [-0.3, -0.25) is 4.79 Å². The van der Waals surface area contributed by atoms with Crippen LogP contribution in [0.15, 0.2) is 12.1 Å². The minimum absolute atomic E-state index is 0.191. The predicted molar refractivity (Wildman–Crippen MR) is 92.0 cm³/mol. The quantitative estimate of drug-likeness (QED) is 0.852. The molecule has 1 unspecified atom stereocenters. The van der Waals surface area contributed by atoms with Gasteiger partial charge in [-0.05, 0) is 49.8 Å². The molecule has 0 aliphatic carbocycles. The molecule has 1 aromatic carbocycles. The van der Waals surface area contributed by atoms with Crippen molar-refractivity contribution in [3.8, 4) is 0 Å². The Hall–Kier alpha value is -2.04. The van der Waals surface area contributed by atoms with E-state index in [1.165, 1.54) is 16.7 Å². The highest BCUT2D eigenvalue weighted by molar-refractivity contribution is 5.80. The first-order chi connectivity index (χ1) is 11.4. The molecule has 5 nitrogen and oxygen atoms in total. The van der Waals surface area contributed by atoms with Crippen LogP contribution >= 0.6 is 0 Å². The third-order valence-electron chi connectivity index (χ3n) is 5.13. The van der Waals surface area contributed by atoms with Crippen LogP contribution in [0.4, 0.5) is 4.79 Å². The van der Waals surface area contributed by atoms with Gasteiger partial charge in [0.05, 0.1) is 13.0 Å². The molecule has 2 heterocycles. The van der Waals surface area contributed by atoms with Gasteiger partial charge < -0.3 is 14.5 Å². The van der Waals surface area contributed by atoms with E-state index in [2.05, 4.69) is 32.9 Å². The average molecular weight is 330 g/mol. The van der Waals surface area contributed by atoms with Gasteiger partial charge in [0.2, 0.25) is 5.91 Å². The molecule has 2 aliphatic rings. The summed E-state index contributed by atoms with van der Waals surface area (Å²) in [5, 5.41) is 0. The number of benzene rings is 1. The van der Waals surface area contributed by atoms with E-state index in [1.54, 1.807) is 4.90 Å². The number of hydrogen-bond donors (Lipinski definition) is 0. The SMILES string of the molecule is Cc1cc(C)c(CC(=O)N2CCC(CN3CCOC3=O)C2)c(C)c1. The second-order valence-electron chi connectivity index (χ2n) is 7.11. The molecule has 0 radical (unpaired) electrons. The Morgan fingerprint density at radius 1 is 1.21 bits per heavy atom. The van der Waals surface area contributed by atoms with Crippen LogP contribution in [-0.2, 0) is 16.0 Å². The van der Waals surface area contributed by atoms with Crippen molar-refractivity contribution >= 4 is 12.0 Å². The summed E-state index contributed by atoms with van der Waals surface area (Å²) in [6, 6.07) is 4.28. The smallest absolute Gasteiger partial charge is 0.409 e. The van der Waals surface area contributed by atoms with E-state index in [0.29, 0.717) is 32.0 Å². The number of rotatable bonds is 4. The highest BCUT2D eigenvalue weighted by Crippen LogP contribution is 2.22. The molecule has 2 aliphatic heterocycles. The summed E-state index contributed by atoms with van der Waals surface area (Å²) >= 11 is 0. The molecule has 2 saturated heterocycles. The molecule has 2 amide bonds. The lowest BCUT2D eigenvalue weighted by molar-refractivity contribution is -0.129. The second-order valence-corrected chi connectivity index (χ2v) is 7.11. The van der Waals surface area contributed by atoms with Gasteiger partial charge in [-0.2, -0.15) is 0 Å². The van der Waals surface area contributed by atoms with E-state index in [4.69, 9.17) is 4.74 Å². The lowest BCUT2D eigenvalue weighted by Crippen LogP contribution is -2.34. The van der Waals surface area contributed by atoms with Crippen molar-refractivity contribution < 1.29 is 14.3 Å². The van der Waals surface area contributed by atoms with Crippen LogP contribution in [0.3, 0.4) is 0 Å². The van der Waals surface area contributed by atoms with Gasteiger partial charge in [0, 0.05) is 19.6 Å². The van der Waals surface area contributed by atoms with Crippen molar-refractivity contribution in [2.45, 2.75) is 33.6 Å². The lowest BCUT2D eigenvalue weighted by atomic mass is 9.97. The van der Waals surface area contributed by atoms with E-state index >= 15 is 0 Å². The highest BCUT2D eigenvalue weighted by atomic mass is 16.6. The Bertz CT molecular complexity index is 633. The Morgan fingerprint density at radius 2 is 1.92 bits per heavy atom. The van der Waals surface area contributed by atoms with Crippen LogP contribution in [0, 0.1) is 26.7 Å². The highest BCUT2D eigenvalue weighted by Gasteiger charge is 2.31. The summed E-state index contributed by atoms with van der Waals surface area (Å²) in [6.07, 6.45) is 1.21. The molecular formula is C19H26N2O3. The first-order valence-corrected chi connectivity index (χ1v) is 8.70. The molecule has 5 heteroatoms. The topological polar surface area (TPSA) is 49.9 Å². The number of ether oxygens (including phenoxy) is 1. The van der Waals surface area contributed by atoms with E-state index < -0.39 is 0 Å². The number of carbonyl (C=O) groups excluding carboxylic acids is 2. The zero-order chi connectivity index (χ0) is 17.3. The molecule has 1 atom stereocenters. The minimum Gasteiger partial charge on any atom is -0.448 e. The molecule has 24 heavy (non-hydrogen) atoms. The zero-order valence-corrected chi connectivity index (χ0v) is 14.8. The number of aryl methyl sites for hydroxylation is 3. The number of likely N-dealkylation sites (tertiary alicyclic amines) is 1. The summed E-state index contributed by atoms with van der Waals surface area (Å²) in [5.74, 6) is 0.552. The fraction of sp³-hybridized carbons (Fsp3) is 0.579. The normalized spacial score (nSPS) is 20.6. The molecule has 0 saturated carbocycles. The number of hydrogen-bond acceptors (Lipinski definition) is 3. The van der Waals surface area contributed by atoms with Gasteiger partial charge in [0.25, 0.3) is 0 Å². The molecule has 130 valence electrons. The molecule has 0 aromatic heterocycles. The van der Waals surface area contributed by atoms with Crippen LogP contribution in [0.25, 0.3) is 0 Å². The molecular weight excluding hydrogens is 304 g/mol. The first kappa shape index (κ1) is 16.8. The third kappa shape index (κ3) is 3.55. The number of nitrogens with zero attached hydrogens (tertiary/aromatic N) is 2. The van der Waals surface area contributed by atoms with Gasteiger partial charge in [0.15, 0.2) is 0 Å². The fourth-order valence-corrected chi connectivity index (χ4v) is 3.86. The molecule has 3 rings (SSSR count). The average Bonchev–Trinajstić information content (AvgIpc) is 3.13. The number of amides is 2. The maximum Gasteiger partial charge on any atom is 0.409 e. The largest absolute Gasteiger partial charge is 0.448 e. The van der Waals surface area contributed by atoms with Crippen LogP contribution in [-0.4, -0.2) is 54.6 Å². The summed E-state index contributed by atoms with van der Waals surface area (Å²) in [4.78, 5) is 27.9. The third-order valence-corrected chi connectivity index (χ3v) is 5.13. The van der Waals surface area contributed by atoms with Crippen molar-refractivity contribution in [2.24, 2.45) is 5.92 Å². The Balaban J connectivity index is 1.58. The molecule has 0 spiro atoms. The summed E-state index contributed by atoms with van der Waals surface area (Å²) in [5.41, 5.74) is 4.77. The van der Waals surface area contributed by atoms with Gasteiger partial charge in [-0.15, -0.1) is 0 Å². The molecule has 0 N–H and O–H groups in total. The minimum atomic E-state index is -0.217. The van der Waals surface area contributed by atoms with Gasteiger partial charge in [0.1, 0.15) is 6.61 Å². The van der Waals surface area contributed by atoms with Crippen molar-refractivity contribution in [3.05, 3.63) is 34.4 Å². The van der Waals surface area contributed by atoms with Crippen molar-refractivity contribution in [1.82, 2.24) is 9.80 Å². The van der Waals surface area contributed by atoms with Crippen LogP contribution in [0.2, 0.25) is 0 Å². The van der Waals surface area contributed by atoms with Crippen molar-refractivity contribution in [1.29, 1.82) is 0 Å². The maximum absolute atomic E-state index is 12.7. The monoisotopic (exact) mass is 330 g/mol. The Morgan fingerprint density at radius 3 is 2.54 bits per heavy atom. The van der Waals surface area contributed by atoms with Gasteiger partial charge in [-0.25, -0.2) is 4.79 Å². The summed E-state index contributed by atoms with van der Waals surface area (Å²) < 4.78 is 4.97. The lowest BCUT2D eigenvalue weighted by Gasteiger charge is -2.20. The summed E-state index contributed by atoms with van der Waals surface area (Å²) in [7, 11) is 0. The fourth-order valence-electron chi connectivity index (χ4n) is 3.86. The number of cyclic esters (lactones) is 1. The van der Waals surface area contributed by atoms with E-state index in [1.807, 2.05) is 4.90 Å². The van der Waals surface area contributed by atoms with Crippen LogP contribution in [0.1, 0.15) is 28.7 Å². The second kappa shape index (κ2) is 6.83. The zero-order valence-electron chi connectivity index (χ0n) is 14.8. The molecule has 1 aromatic rings. The standard InChI is InChI=1S/C19H26N2O3/c1-13-8-14(2)17(15(3)9-13)10-18(22)20-5-4-16(11-20)12-21-6-7-24-19(21)23/h8-9,16H,4-7,10-12H2,1-3H3. The molecule has 0 bridgehead atoms. The molecule has 2 fully saturated rings. The number of carbonyl (C=O) groups is 2. The summed E-state index contributed by atoms with van der Waals surface area (Å²) in [6.45, 7) is 9.63. The van der Waals surface area contributed by atoms with Gasteiger partial charge >= 0.3 is 6.09 Å². The van der Waals surface area contributed by atoms with Gasteiger partial charge in [-0.1, -0.05) is 17.7 Å². The van der Waals surface area contributed by atoms with E-state index in [9.17, 15) is 9.59 Å². The van der Waals surface area contributed by atoms with Crippen molar-refractivity contribution in [3.63, 3.8) is 0 Å². The Labute approximate surface area is 143 Å². The predicted octanol–water partition coefficient (Wildman–Crippen LogP) is 2.46. The maximum atomic E-state index is 12.7. The van der Waals surface area contributed by atoms with Crippen LogP contribution < -0.4 is 0 Å². The Kier molecular flexibility index (Phi) is 4.78. The first-order valence-electron chi connectivity index (χ1n) is 8.70. The van der Waals surface area contributed by atoms with E-state index in [-0.39, 0.29) is 12.0 Å².